The quantitative estimate of drug-likeness (QED) is 0.167. The van der Waals surface area contributed by atoms with Gasteiger partial charge in [-0.1, -0.05) is 78.7 Å². The monoisotopic (exact) mass is 378 g/mol. The van der Waals surface area contributed by atoms with Crippen molar-refractivity contribution in [1.82, 2.24) is 0 Å². The molecule has 0 heterocycles. The first-order valence-corrected chi connectivity index (χ1v) is 10.4. The van der Waals surface area contributed by atoms with E-state index < -0.39 is 5.41 Å². The molecule has 0 aliphatic rings. The molecule has 27 heavy (non-hydrogen) atoms. The van der Waals surface area contributed by atoms with E-state index in [0.717, 1.165) is 25.7 Å². The van der Waals surface area contributed by atoms with Crippen LogP contribution in [0.1, 0.15) is 81.1 Å². The van der Waals surface area contributed by atoms with E-state index in [0.29, 0.717) is 23.7 Å². The Kier molecular flexibility index (Phi) is 12.0. The van der Waals surface area contributed by atoms with Crippen LogP contribution < -0.4 is 0 Å². The molecule has 0 unspecified atom stereocenters. The third kappa shape index (κ3) is 9.25. The highest BCUT2D eigenvalue weighted by molar-refractivity contribution is 5.88. The predicted octanol–water partition coefficient (Wildman–Crippen LogP) is 6.93. The van der Waals surface area contributed by atoms with Gasteiger partial charge in [-0.3, -0.25) is 0 Å². The molecular formula is C23H42N2O2. The van der Waals surface area contributed by atoms with Gasteiger partial charge in [0, 0.05) is 5.41 Å². The lowest BCUT2D eigenvalue weighted by Gasteiger charge is -2.25. The molecule has 156 valence electrons. The van der Waals surface area contributed by atoms with Gasteiger partial charge in [0.15, 0.2) is 0 Å². The van der Waals surface area contributed by atoms with Crippen LogP contribution in [0.25, 0.3) is 0 Å². The normalized spacial score (nSPS) is 12.9. The van der Waals surface area contributed by atoms with Gasteiger partial charge in [0.05, 0.1) is 12.4 Å². The van der Waals surface area contributed by atoms with Crippen molar-refractivity contribution in [3.63, 3.8) is 0 Å². The predicted molar refractivity (Wildman–Crippen MR) is 117 cm³/mol. The molecular weight excluding hydrogens is 336 g/mol. The lowest BCUT2D eigenvalue weighted by Crippen LogP contribution is -2.25. The summed E-state index contributed by atoms with van der Waals surface area (Å²) in [6, 6.07) is 0. The fraction of sp³-hybridized carbons (Fsp3) is 0.739. The van der Waals surface area contributed by atoms with Crippen molar-refractivity contribution in [3.05, 3.63) is 23.3 Å². The third-order valence-electron chi connectivity index (χ3n) is 5.28. The Labute approximate surface area is 167 Å². The number of rotatable bonds is 12. The van der Waals surface area contributed by atoms with Gasteiger partial charge in [-0.25, -0.2) is 0 Å². The van der Waals surface area contributed by atoms with Crippen LogP contribution in [0.5, 0.6) is 0 Å². The van der Waals surface area contributed by atoms with E-state index in [1.54, 1.807) is 0 Å². The molecule has 0 amide bonds. The Bertz CT molecular complexity index is 458. The minimum absolute atomic E-state index is 0.514. The largest absolute Gasteiger partial charge is 0.411 e. The number of hydrogen-bond donors (Lipinski definition) is 2. The van der Waals surface area contributed by atoms with E-state index in [9.17, 15) is 10.4 Å². The molecule has 0 aromatic carbocycles. The van der Waals surface area contributed by atoms with Crippen LogP contribution in [0.2, 0.25) is 0 Å². The second-order valence-electron chi connectivity index (χ2n) is 8.83. The van der Waals surface area contributed by atoms with E-state index in [1.807, 2.05) is 0 Å². The van der Waals surface area contributed by atoms with E-state index in [4.69, 9.17) is 0 Å². The average molecular weight is 379 g/mol. The van der Waals surface area contributed by atoms with Gasteiger partial charge in [0.2, 0.25) is 0 Å². The lowest BCUT2D eigenvalue weighted by molar-refractivity contribution is 0.305. The van der Waals surface area contributed by atoms with Crippen LogP contribution in [0.15, 0.2) is 33.6 Å². The fourth-order valence-electron chi connectivity index (χ4n) is 3.94. The molecule has 0 aromatic heterocycles. The van der Waals surface area contributed by atoms with Gasteiger partial charge in [-0.15, -0.1) is 10.3 Å². The number of allylic oxidation sites excluding steroid dienone is 4. The SMILES string of the molecule is CC(C)C(=CCCC(/C=N/O)(/C=N/O)CCC=C(C(C)C)C(C)C)C(C)C. The molecule has 0 rings (SSSR count). The standard InChI is InChI=1S/C23H42N2O2/c1-17(2)21(18(3)4)11-9-13-23(15-24-26,16-25-27)14-10-12-22(19(5)6)20(7)8/h11-12,15-20,26-27H,9-10,13-14H2,1-8H3/b24-15+,25-16+. The minimum atomic E-state index is -0.547. The maximum absolute atomic E-state index is 9.19. The maximum Gasteiger partial charge on any atom is 0.0552 e. The first kappa shape index (κ1) is 25.4. The summed E-state index contributed by atoms with van der Waals surface area (Å²) in [7, 11) is 0. The van der Waals surface area contributed by atoms with Crippen LogP contribution >= 0.6 is 0 Å². The summed E-state index contributed by atoms with van der Waals surface area (Å²) in [5, 5.41) is 25.0. The summed E-state index contributed by atoms with van der Waals surface area (Å²) in [6.07, 6.45) is 10.8. The molecule has 0 bridgehead atoms. The van der Waals surface area contributed by atoms with Crippen molar-refractivity contribution >= 4 is 12.4 Å². The zero-order valence-corrected chi connectivity index (χ0v) is 18.7. The molecule has 0 radical (unpaired) electrons. The van der Waals surface area contributed by atoms with Crippen LogP contribution in [-0.4, -0.2) is 22.8 Å². The lowest BCUT2D eigenvalue weighted by atomic mass is 9.79. The van der Waals surface area contributed by atoms with E-state index in [1.165, 1.54) is 23.6 Å². The van der Waals surface area contributed by atoms with Crippen LogP contribution in [-0.2, 0) is 0 Å². The highest BCUT2D eigenvalue weighted by Crippen LogP contribution is 2.30. The first-order chi connectivity index (χ1) is 12.6. The van der Waals surface area contributed by atoms with E-state index >= 15 is 0 Å². The van der Waals surface area contributed by atoms with E-state index in [2.05, 4.69) is 77.9 Å². The summed E-state index contributed by atoms with van der Waals surface area (Å²) < 4.78 is 0. The molecule has 0 atom stereocenters. The zero-order chi connectivity index (χ0) is 21.0. The molecule has 0 aliphatic carbocycles. The summed E-state index contributed by atoms with van der Waals surface area (Å²) in [6.45, 7) is 17.7. The van der Waals surface area contributed by atoms with Crippen molar-refractivity contribution in [2.45, 2.75) is 81.1 Å². The second kappa shape index (κ2) is 12.7. The van der Waals surface area contributed by atoms with Crippen molar-refractivity contribution in [2.24, 2.45) is 39.4 Å². The van der Waals surface area contributed by atoms with Gasteiger partial charge in [-0.05, 0) is 49.4 Å². The zero-order valence-electron chi connectivity index (χ0n) is 18.7. The maximum atomic E-state index is 9.19. The van der Waals surface area contributed by atoms with Crippen LogP contribution in [0, 0.1) is 29.1 Å². The van der Waals surface area contributed by atoms with Crippen LogP contribution in [0.3, 0.4) is 0 Å². The van der Waals surface area contributed by atoms with Crippen molar-refractivity contribution in [3.8, 4) is 0 Å². The van der Waals surface area contributed by atoms with Crippen molar-refractivity contribution in [1.29, 1.82) is 0 Å². The molecule has 0 saturated carbocycles. The molecule has 0 fully saturated rings. The van der Waals surface area contributed by atoms with Gasteiger partial charge < -0.3 is 10.4 Å². The minimum Gasteiger partial charge on any atom is -0.411 e. The number of nitrogens with zero attached hydrogens (tertiary/aromatic N) is 2. The van der Waals surface area contributed by atoms with Gasteiger partial charge in [0.1, 0.15) is 0 Å². The Balaban J connectivity index is 5.38. The van der Waals surface area contributed by atoms with E-state index in [-0.39, 0.29) is 0 Å². The first-order valence-electron chi connectivity index (χ1n) is 10.4. The molecule has 0 aromatic rings. The Morgan fingerprint density at radius 3 is 1.19 bits per heavy atom. The van der Waals surface area contributed by atoms with Crippen molar-refractivity contribution in [2.75, 3.05) is 0 Å². The molecule has 0 spiro atoms. The van der Waals surface area contributed by atoms with Gasteiger partial charge in [0.25, 0.3) is 0 Å². The molecule has 4 heteroatoms. The summed E-state index contributed by atoms with van der Waals surface area (Å²) in [5.41, 5.74) is 2.33. The average Bonchev–Trinajstić information content (AvgIpc) is 2.54. The second-order valence-corrected chi connectivity index (χ2v) is 8.83. The highest BCUT2D eigenvalue weighted by Gasteiger charge is 2.26. The number of hydrogen-bond acceptors (Lipinski definition) is 4. The highest BCUT2D eigenvalue weighted by atomic mass is 16.4. The molecule has 0 saturated heterocycles. The summed E-state index contributed by atoms with van der Waals surface area (Å²) in [5.74, 6) is 2.06. The smallest absolute Gasteiger partial charge is 0.0552 e. The third-order valence-corrected chi connectivity index (χ3v) is 5.28. The van der Waals surface area contributed by atoms with Gasteiger partial charge >= 0.3 is 0 Å². The Hall–Kier alpha value is -1.58. The van der Waals surface area contributed by atoms with Crippen molar-refractivity contribution < 1.29 is 10.4 Å². The fourth-order valence-corrected chi connectivity index (χ4v) is 3.94. The summed E-state index contributed by atoms with van der Waals surface area (Å²) >= 11 is 0. The summed E-state index contributed by atoms with van der Waals surface area (Å²) in [4.78, 5) is 0. The van der Waals surface area contributed by atoms with Crippen LogP contribution in [0.4, 0.5) is 0 Å². The number of oxime groups is 2. The van der Waals surface area contributed by atoms with Gasteiger partial charge in [-0.2, -0.15) is 0 Å². The topological polar surface area (TPSA) is 65.2 Å². The molecule has 4 nitrogen and oxygen atoms in total. The Morgan fingerprint density at radius 1 is 0.667 bits per heavy atom. The molecule has 2 N–H and O–H groups in total. The Morgan fingerprint density at radius 2 is 0.963 bits per heavy atom. The molecule has 0 aliphatic heterocycles.